The Morgan fingerprint density at radius 3 is 2.42 bits per heavy atom. The van der Waals surface area contributed by atoms with Gasteiger partial charge in [-0.2, -0.15) is 0 Å². The van der Waals surface area contributed by atoms with Crippen LogP contribution in [0.15, 0.2) is 82.9 Å². The molecular formula is C31H26N4O6S2. The van der Waals surface area contributed by atoms with E-state index in [9.17, 15) is 24.0 Å². The molecule has 12 heteroatoms. The number of benzene rings is 2. The summed E-state index contributed by atoms with van der Waals surface area (Å²) in [5.41, 5.74) is 3.01. The smallest absolute Gasteiger partial charge is 0.338 e. The van der Waals surface area contributed by atoms with E-state index in [1.807, 2.05) is 25.1 Å². The third-order valence-electron chi connectivity index (χ3n) is 7.37. The van der Waals surface area contributed by atoms with E-state index in [2.05, 4.69) is 10.3 Å². The molecule has 4 heterocycles. The lowest BCUT2D eigenvalue weighted by molar-refractivity contribution is -0.122. The van der Waals surface area contributed by atoms with Crippen LogP contribution in [0.2, 0.25) is 0 Å². The number of carbonyl (C=O) groups excluding carboxylic acids is 4. The second kappa shape index (κ2) is 11.6. The Morgan fingerprint density at radius 1 is 1.00 bits per heavy atom. The lowest BCUT2D eigenvalue weighted by atomic mass is 9.84. The van der Waals surface area contributed by atoms with Crippen LogP contribution in [-0.4, -0.2) is 45.1 Å². The number of aromatic nitrogens is 2. The number of rotatable bonds is 7. The molecule has 2 aromatic carbocycles. The van der Waals surface area contributed by atoms with E-state index in [1.54, 1.807) is 61.8 Å². The summed E-state index contributed by atoms with van der Waals surface area (Å²) in [5.74, 6) is -2.94. The van der Waals surface area contributed by atoms with Crippen LogP contribution in [0.3, 0.4) is 0 Å². The Morgan fingerprint density at radius 2 is 1.74 bits per heavy atom. The maximum atomic E-state index is 13.9. The van der Waals surface area contributed by atoms with Gasteiger partial charge in [0, 0.05) is 28.9 Å². The summed E-state index contributed by atoms with van der Waals surface area (Å²) in [5, 5.41) is 2.46. The summed E-state index contributed by atoms with van der Waals surface area (Å²) >= 11 is 2.13. The van der Waals surface area contributed by atoms with Gasteiger partial charge in [-0.1, -0.05) is 46.9 Å². The van der Waals surface area contributed by atoms with E-state index in [1.165, 1.54) is 9.47 Å². The molecule has 0 spiro atoms. The number of amides is 3. The number of hydrogen-bond acceptors (Lipinski definition) is 9. The van der Waals surface area contributed by atoms with Crippen molar-refractivity contribution in [1.29, 1.82) is 0 Å². The first-order valence-corrected chi connectivity index (χ1v) is 15.3. The fourth-order valence-electron chi connectivity index (χ4n) is 5.37. The molecule has 4 aromatic rings. The number of nitrogens with one attached hydrogen (secondary N) is 1. The zero-order valence-electron chi connectivity index (χ0n) is 23.2. The Balaban J connectivity index is 1.32. The van der Waals surface area contributed by atoms with Crippen molar-refractivity contribution >= 4 is 58.2 Å². The molecule has 3 atom stereocenters. The number of aryl methyl sites for hydroxylation is 1. The van der Waals surface area contributed by atoms with Gasteiger partial charge in [0.1, 0.15) is 11.8 Å². The molecule has 0 saturated carbocycles. The van der Waals surface area contributed by atoms with Crippen LogP contribution in [0.4, 0.5) is 11.4 Å². The van der Waals surface area contributed by atoms with E-state index in [0.717, 1.165) is 28.7 Å². The van der Waals surface area contributed by atoms with Crippen LogP contribution in [-0.2, 0) is 25.7 Å². The number of carbonyl (C=O) groups is 4. The van der Waals surface area contributed by atoms with Crippen LogP contribution < -0.4 is 15.1 Å². The van der Waals surface area contributed by atoms with Gasteiger partial charge in [0.15, 0.2) is 0 Å². The van der Waals surface area contributed by atoms with Gasteiger partial charge in [0.05, 0.1) is 28.8 Å². The number of nitrogens with zero attached hydrogens (tertiary/aromatic N) is 3. The first kappa shape index (κ1) is 28.6. The maximum Gasteiger partial charge on any atom is 0.338 e. The van der Waals surface area contributed by atoms with E-state index >= 15 is 0 Å². The molecule has 2 aliphatic heterocycles. The number of ether oxygens (including phenoxy) is 1. The third kappa shape index (κ3) is 5.28. The highest BCUT2D eigenvalue weighted by Gasteiger charge is 2.56. The summed E-state index contributed by atoms with van der Waals surface area (Å²) < 4.78 is 6.35. The number of hydrogen-bond donors (Lipinski definition) is 1. The molecule has 1 fully saturated rings. The second-order valence-corrected chi connectivity index (χ2v) is 12.3. The van der Waals surface area contributed by atoms with Crippen molar-refractivity contribution < 1.29 is 23.9 Å². The number of fused-ring (bicyclic) bond motifs is 2. The fraction of sp³-hybridized carbons (Fsp3) is 0.226. The predicted molar refractivity (Wildman–Crippen MR) is 162 cm³/mol. The Kier molecular flexibility index (Phi) is 7.72. The molecule has 0 aliphatic carbocycles. The van der Waals surface area contributed by atoms with Crippen molar-refractivity contribution in [2.75, 3.05) is 16.8 Å². The Hall–Kier alpha value is -4.55. The minimum Gasteiger partial charge on any atom is -0.462 e. The van der Waals surface area contributed by atoms with Crippen LogP contribution >= 0.6 is 23.1 Å². The highest BCUT2D eigenvalue weighted by atomic mass is 32.2. The van der Waals surface area contributed by atoms with Crippen molar-refractivity contribution in [3.63, 3.8) is 0 Å². The molecule has 10 nitrogen and oxygen atoms in total. The maximum absolute atomic E-state index is 13.9. The van der Waals surface area contributed by atoms with Crippen LogP contribution in [0.1, 0.15) is 39.2 Å². The topological polar surface area (TPSA) is 128 Å². The number of esters is 1. The molecule has 218 valence electrons. The zero-order valence-corrected chi connectivity index (χ0v) is 24.8. The number of pyridine rings is 1. The highest BCUT2D eigenvalue weighted by molar-refractivity contribution is 8.00. The van der Waals surface area contributed by atoms with Gasteiger partial charge in [-0.25, -0.2) is 9.69 Å². The largest absolute Gasteiger partial charge is 0.462 e. The summed E-state index contributed by atoms with van der Waals surface area (Å²) in [6.07, 6.45) is 3.27. The monoisotopic (exact) mass is 614 g/mol. The van der Waals surface area contributed by atoms with Crippen molar-refractivity contribution in [1.82, 2.24) is 9.55 Å². The SMILES string of the molecule is CCOC(=O)c1ccc(NC(=O)Cn2c3c(sc2=O)[C@@H](c2cccnc2)C2C(=O)N(c4ccc(C)cc4)C(=O)C2S3)cc1. The Bertz CT molecular complexity index is 1780. The van der Waals surface area contributed by atoms with E-state index < -0.39 is 29.0 Å². The van der Waals surface area contributed by atoms with E-state index in [4.69, 9.17) is 4.74 Å². The highest BCUT2D eigenvalue weighted by Crippen LogP contribution is 2.53. The van der Waals surface area contributed by atoms with Gasteiger partial charge in [-0.05, 0) is 61.9 Å². The molecule has 2 unspecified atom stereocenters. The normalized spacial score (nSPS) is 19.1. The first-order valence-electron chi connectivity index (χ1n) is 13.6. The second-order valence-electron chi connectivity index (χ2n) is 10.1. The molecule has 1 N–H and O–H groups in total. The van der Waals surface area contributed by atoms with Gasteiger partial charge in [-0.15, -0.1) is 0 Å². The minimum atomic E-state index is -0.787. The van der Waals surface area contributed by atoms with Gasteiger partial charge in [0.25, 0.3) is 0 Å². The van der Waals surface area contributed by atoms with Crippen molar-refractivity contribution in [2.24, 2.45) is 5.92 Å². The van der Waals surface area contributed by atoms with Crippen molar-refractivity contribution in [3.05, 3.63) is 104 Å². The first-order chi connectivity index (χ1) is 20.8. The molecule has 0 bridgehead atoms. The summed E-state index contributed by atoms with van der Waals surface area (Å²) in [6, 6.07) is 17.0. The Labute approximate surface area is 254 Å². The lowest BCUT2D eigenvalue weighted by Crippen LogP contribution is -2.33. The van der Waals surface area contributed by atoms with Crippen LogP contribution in [0.25, 0.3) is 0 Å². The standard InChI is InChI=1S/C31H26N4O6S2/c1-3-41-30(39)18-8-10-20(11-9-18)33-22(36)16-34-29-26(43-31(34)40)23(19-5-4-14-32-15-19)24-25(42-29)28(38)35(27(24)37)21-12-6-17(2)7-13-21/h4-15,23-25H,3,16H2,1-2H3,(H,33,36)/t23-,24?,25?/m0/s1. The fourth-order valence-corrected chi connectivity index (χ4v) is 8.14. The molecule has 2 aliphatic rings. The summed E-state index contributed by atoms with van der Waals surface area (Å²) in [7, 11) is 0. The molecule has 1 saturated heterocycles. The van der Waals surface area contributed by atoms with Gasteiger partial charge < -0.3 is 10.1 Å². The van der Waals surface area contributed by atoms with Gasteiger partial charge >= 0.3 is 10.8 Å². The number of thioether (sulfide) groups is 1. The van der Waals surface area contributed by atoms with Gasteiger partial charge in [-0.3, -0.25) is 28.7 Å². The predicted octanol–water partition coefficient (Wildman–Crippen LogP) is 4.22. The van der Waals surface area contributed by atoms with Crippen LogP contribution in [0.5, 0.6) is 0 Å². The third-order valence-corrected chi connectivity index (χ3v) is 9.97. The molecule has 6 rings (SSSR count). The minimum absolute atomic E-state index is 0.252. The molecule has 0 radical (unpaired) electrons. The summed E-state index contributed by atoms with van der Waals surface area (Å²) in [4.78, 5) is 71.7. The quantitative estimate of drug-likeness (QED) is 0.242. The summed E-state index contributed by atoms with van der Waals surface area (Å²) in [6.45, 7) is 3.60. The average molecular weight is 615 g/mol. The molecular weight excluding hydrogens is 588 g/mol. The number of imide groups is 1. The molecule has 3 amide bonds. The zero-order chi connectivity index (χ0) is 30.2. The van der Waals surface area contributed by atoms with Crippen molar-refractivity contribution in [2.45, 2.75) is 36.6 Å². The van der Waals surface area contributed by atoms with Crippen molar-refractivity contribution in [3.8, 4) is 0 Å². The number of thiazole rings is 1. The van der Waals surface area contributed by atoms with Crippen LogP contribution in [0, 0.1) is 12.8 Å². The average Bonchev–Trinajstić information content (AvgIpc) is 3.44. The van der Waals surface area contributed by atoms with Gasteiger partial charge in [0.2, 0.25) is 17.7 Å². The molecule has 2 aromatic heterocycles. The molecule has 43 heavy (non-hydrogen) atoms. The number of anilines is 2. The van der Waals surface area contributed by atoms with E-state index in [0.29, 0.717) is 32.4 Å². The lowest BCUT2D eigenvalue weighted by Gasteiger charge is -2.30. The van der Waals surface area contributed by atoms with E-state index in [-0.39, 0.29) is 29.8 Å².